The van der Waals surface area contributed by atoms with E-state index < -0.39 is 10.0 Å². The van der Waals surface area contributed by atoms with Crippen molar-refractivity contribution in [2.75, 3.05) is 18.2 Å². The van der Waals surface area contributed by atoms with Crippen LogP contribution in [0.3, 0.4) is 0 Å². The molecule has 0 aliphatic heterocycles. The third kappa shape index (κ3) is 4.11. The van der Waals surface area contributed by atoms with Gasteiger partial charge in [0, 0.05) is 11.8 Å². The second-order valence-electron chi connectivity index (χ2n) is 3.28. The SMILES string of the molecule is CSC(C)CNS(=O)(=O)c1cnc(NN)nc1. The van der Waals surface area contributed by atoms with Gasteiger partial charge in [-0.3, -0.25) is 5.43 Å². The Morgan fingerprint density at radius 1 is 1.47 bits per heavy atom. The Morgan fingerprint density at radius 2 is 2.06 bits per heavy atom. The highest BCUT2D eigenvalue weighted by Crippen LogP contribution is 2.09. The first-order chi connectivity index (χ1) is 7.99. The number of nitrogens with two attached hydrogens (primary N) is 1. The molecule has 0 saturated carbocycles. The Kier molecular flexibility index (Phi) is 5.12. The molecule has 17 heavy (non-hydrogen) atoms. The number of nitrogens with zero attached hydrogens (tertiary/aromatic N) is 2. The Morgan fingerprint density at radius 3 is 2.53 bits per heavy atom. The summed E-state index contributed by atoms with van der Waals surface area (Å²) in [5, 5.41) is 0.204. The third-order valence-electron chi connectivity index (χ3n) is 2.03. The zero-order valence-corrected chi connectivity index (χ0v) is 11.2. The topological polar surface area (TPSA) is 110 Å². The number of anilines is 1. The number of nitrogen functional groups attached to an aromatic ring is 1. The minimum Gasteiger partial charge on any atom is -0.292 e. The van der Waals surface area contributed by atoms with Crippen LogP contribution in [-0.4, -0.2) is 36.4 Å². The van der Waals surface area contributed by atoms with Crippen molar-refractivity contribution in [1.82, 2.24) is 14.7 Å². The lowest BCUT2D eigenvalue weighted by molar-refractivity contribution is 0.580. The van der Waals surface area contributed by atoms with Crippen molar-refractivity contribution < 1.29 is 8.42 Å². The molecule has 96 valence electrons. The highest BCUT2D eigenvalue weighted by Gasteiger charge is 2.15. The molecule has 0 radical (unpaired) electrons. The summed E-state index contributed by atoms with van der Waals surface area (Å²) in [7, 11) is -3.55. The minimum absolute atomic E-state index is 0.0183. The predicted octanol–water partition coefficient (Wildman–Crippen LogP) is -0.208. The van der Waals surface area contributed by atoms with Gasteiger partial charge in [-0.2, -0.15) is 11.8 Å². The molecule has 1 atom stereocenters. The quantitative estimate of drug-likeness (QED) is 0.487. The van der Waals surface area contributed by atoms with Gasteiger partial charge in [-0.1, -0.05) is 6.92 Å². The van der Waals surface area contributed by atoms with Crippen molar-refractivity contribution in [3.8, 4) is 0 Å². The average molecular weight is 277 g/mol. The summed E-state index contributed by atoms with van der Waals surface area (Å²) in [4.78, 5) is 7.50. The number of hydrogen-bond donors (Lipinski definition) is 3. The van der Waals surface area contributed by atoms with E-state index in [1.54, 1.807) is 11.8 Å². The van der Waals surface area contributed by atoms with Crippen LogP contribution >= 0.6 is 11.8 Å². The summed E-state index contributed by atoms with van der Waals surface area (Å²) in [5.41, 5.74) is 2.22. The van der Waals surface area contributed by atoms with Gasteiger partial charge >= 0.3 is 0 Å². The van der Waals surface area contributed by atoms with E-state index in [1.165, 1.54) is 12.4 Å². The van der Waals surface area contributed by atoms with Gasteiger partial charge in [-0.15, -0.1) is 0 Å². The van der Waals surface area contributed by atoms with Crippen LogP contribution in [0.5, 0.6) is 0 Å². The highest BCUT2D eigenvalue weighted by atomic mass is 32.2. The van der Waals surface area contributed by atoms with Gasteiger partial charge in [-0.05, 0) is 6.26 Å². The fourth-order valence-corrected chi connectivity index (χ4v) is 2.30. The number of hydrazine groups is 1. The molecule has 1 aromatic rings. The van der Waals surface area contributed by atoms with Gasteiger partial charge in [0.05, 0.1) is 12.4 Å². The van der Waals surface area contributed by atoms with Crippen LogP contribution in [0.4, 0.5) is 5.95 Å². The lowest BCUT2D eigenvalue weighted by atomic mass is 10.5. The van der Waals surface area contributed by atoms with Crippen LogP contribution in [0.25, 0.3) is 0 Å². The molecule has 0 aromatic carbocycles. The maximum absolute atomic E-state index is 11.8. The summed E-state index contributed by atoms with van der Waals surface area (Å²) in [6.07, 6.45) is 4.33. The average Bonchev–Trinajstić information content (AvgIpc) is 2.36. The zero-order valence-electron chi connectivity index (χ0n) is 9.54. The molecule has 0 fully saturated rings. The van der Waals surface area contributed by atoms with E-state index >= 15 is 0 Å². The molecular weight excluding hydrogens is 262 g/mol. The van der Waals surface area contributed by atoms with Crippen molar-refractivity contribution in [2.24, 2.45) is 5.84 Å². The molecule has 0 spiro atoms. The molecule has 0 aliphatic carbocycles. The van der Waals surface area contributed by atoms with Gasteiger partial charge in [0.15, 0.2) is 0 Å². The van der Waals surface area contributed by atoms with Gasteiger partial charge in [-0.25, -0.2) is 29.0 Å². The van der Waals surface area contributed by atoms with Gasteiger partial charge in [0.1, 0.15) is 4.90 Å². The van der Waals surface area contributed by atoms with E-state index in [9.17, 15) is 8.42 Å². The molecule has 9 heteroatoms. The lowest BCUT2D eigenvalue weighted by Crippen LogP contribution is -2.29. The van der Waals surface area contributed by atoms with Crippen molar-refractivity contribution in [3.05, 3.63) is 12.4 Å². The van der Waals surface area contributed by atoms with Crippen LogP contribution in [0, 0.1) is 0 Å². The second kappa shape index (κ2) is 6.15. The second-order valence-corrected chi connectivity index (χ2v) is 6.33. The van der Waals surface area contributed by atoms with Crippen molar-refractivity contribution >= 4 is 27.7 Å². The first-order valence-corrected chi connectivity index (χ1v) is 7.58. The molecule has 0 aliphatic rings. The maximum atomic E-state index is 11.8. The number of hydrogen-bond acceptors (Lipinski definition) is 7. The van der Waals surface area contributed by atoms with Gasteiger partial charge < -0.3 is 0 Å². The molecule has 0 saturated heterocycles. The fourth-order valence-electron chi connectivity index (χ4n) is 0.923. The molecule has 1 rings (SSSR count). The van der Waals surface area contributed by atoms with E-state index in [0.29, 0.717) is 6.54 Å². The first-order valence-electron chi connectivity index (χ1n) is 4.80. The van der Waals surface area contributed by atoms with Crippen LogP contribution in [-0.2, 0) is 10.0 Å². The maximum Gasteiger partial charge on any atom is 0.243 e. The Balaban J connectivity index is 2.75. The molecular formula is C8H15N5O2S2. The predicted molar refractivity (Wildman–Crippen MR) is 68.0 cm³/mol. The molecule has 0 amide bonds. The standard InChI is InChI=1S/C8H15N5O2S2/c1-6(16-2)3-12-17(14,15)7-4-10-8(13-9)11-5-7/h4-6,12H,3,9H2,1-2H3,(H,10,11,13). The highest BCUT2D eigenvalue weighted by molar-refractivity contribution is 7.99. The van der Waals surface area contributed by atoms with E-state index in [4.69, 9.17) is 5.84 Å². The largest absolute Gasteiger partial charge is 0.292 e. The minimum atomic E-state index is -3.55. The van der Waals surface area contributed by atoms with Crippen molar-refractivity contribution in [2.45, 2.75) is 17.1 Å². The summed E-state index contributed by atoms with van der Waals surface area (Å²) in [6.45, 7) is 2.30. The molecule has 7 nitrogen and oxygen atoms in total. The van der Waals surface area contributed by atoms with Crippen LogP contribution < -0.4 is 16.0 Å². The van der Waals surface area contributed by atoms with Crippen molar-refractivity contribution in [1.29, 1.82) is 0 Å². The van der Waals surface area contributed by atoms with E-state index in [1.807, 2.05) is 13.2 Å². The number of aromatic nitrogens is 2. The van der Waals surface area contributed by atoms with Crippen molar-refractivity contribution in [3.63, 3.8) is 0 Å². The smallest absolute Gasteiger partial charge is 0.243 e. The molecule has 4 N–H and O–H groups in total. The summed E-state index contributed by atoms with van der Waals surface area (Å²) in [6, 6.07) is 0. The van der Waals surface area contributed by atoms with Gasteiger partial charge in [0.2, 0.25) is 16.0 Å². The Labute approximate surface area is 105 Å². The number of thioether (sulfide) groups is 1. The number of rotatable bonds is 6. The third-order valence-corrected chi connectivity index (χ3v) is 4.38. The number of sulfonamides is 1. The fraction of sp³-hybridized carbons (Fsp3) is 0.500. The van der Waals surface area contributed by atoms with E-state index in [0.717, 1.165) is 0 Å². The Bertz CT molecular complexity index is 447. The van der Waals surface area contributed by atoms with E-state index in [-0.39, 0.29) is 16.1 Å². The Hall–Kier alpha value is -0.900. The zero-order chi connectivity index (χ0) is 12.9. The summed E-state index contributed by atoms with van der Waals surface area (Å²) < 4.78 is 26.1. The molecule has 1 heterocycles. The lowest BCUT2D eigenvalue weighted by Gasteiger charge is -2.10. The van der Waals surface area contributed by atoms with Crippen LogP contribution in [0.1, 0.15) is 6.92 Å². The van der Waals surface area contributed by atoms with Crippen LogP contribution in [0.15, 0.2) is 17.3 Å². The molecule has 1 aromatic heterocycles. The monoisotopic (exact) mass is 277 g/mol. The van der Waals surface area contributed by atoms with E-state index in [2.05, 4.69) is 20.1 Å². The molecule has 0 bridgehead atoms. The van der Waals surface area contributed by atoms with Gasteiger partial charge in [0.25, 0.3) is 0 Å². The number of nitrogens with one attached hydrogen (secondary N) is 2. The summed E-state index contributed by atoms with van der Waals surface area (Å²) in [5.74, 6) is 5.25. The summed E-state index contributed by atoms with van der Waals surface area (Å²) >= 11 is 1.58. The first kappa shape index (κ1) is 14.2. The molecule has 1 unspecified atom stereocenters. The normalized spacial score (nSPS) is 13.4. The van der Waals surface area contributed by atoms with Crippen LogP contribution in [0.2, 0.25) is 0 Å².